The molecule has 1 fully saturated rings. The monoisotopic (exact) mass is 369 g/mol. The van der Waals surface area contributed by atoms with Gasteiger partial charge in [-0.05, 0) is 57.1 Å². The molecule has 0 aromatic carbocycles. The van der Waals surface area contributed by atoms with Crippen LogP contribution in [0.4, 0.5) is 4.79 Å². The number of primary sulfonamides is 1. The summed E-state index contributed by atoms with van der Waals surface area (Å²) in [5.74, 6) is 0.432. The van der Waals surface area contributed by atoms with Crippen LogP contribution in [0.3, 0.4) is 0 Å². The number of nitrogens with two attached hydrogens (primary N) is 1. The molecule has 3 N–H and O–H groups in total. The van der Waals surface area contributed by atoms with Crippen LogP contribution in [0.1, 0.15) is 51.5 Å². The molecule has 2 heterocycles. The number of aryl methyl sites for hydroxylation is 1. The molecule has 1 aliphatic rings. The highest BCUT2D eigenvalue weighted by molar-refractivity contribution is 7.89. The van der Waals surface area contributed by atoms with Crippen LogP contribution in [0.2, 0.25) is 0 Å². The third kappa shape index (κ3) is 5.40. The van der Waals surface area contributed by atoms with Crippen LogP contribution in [-0.2, 0) is 16.4 Å². The molecule has 2 rings (SSSR count). The predicted molar refractivity (Wildman–Crippen MR) is 94.7 cm³/mol. The summed E-state index contributed by atoms with van der Waals surface area (Å²) in [6.45, 7) is 4.60. The molecule has 0 radical (unpaired) electrons. The number of sulfonamides is 1. The highest BCUT2D eigenvalue weighted by Crippen LogP contribution is 2.35. The van der Waals surface area contributed by atoms with Crippen molar-refractivity contribution in [2.75, 3.05) is 6.54 Å². The van der Waals surface area contributed by atoms with Gasteiger partial charge < -0.3 is 10.0 Å². The van der Waals surface area contributed by atoms with Crippen molar-refractivity contribution in [3.63, 3.8) is 0 Å². The lowest BCUT2D eigenvalue weighted by atomic mass is 9.92. The van der Waals surface area contributed by atoms with E-state index in [0.717, 1.165) is 44.1 Å². The first-order chi connectivity index (χ1) is 11.6. The molecule has 8 heteroatoms. The van der Waals surface area contributed by atoms with E-state index in [0.29, 0.717) is 12.5 Å². The number of hydrogen-bond donors (Lipinski definition) is 2. The Kier molecular flexibility index (Phi) is 6.05. The van der Waals surface area contributed by atoms with Gasteiger partial charge in [0.2, 0.25) is 0 Å². The number of rotatable bonds is 7. The van der Waals surface area contributed by atoms with Crippen molar-refractivity contribution in [2.45, 2.75) is 62.9 Å². The van der Waals surface area contributed by atoms with Crippen molar-refractivity contribution in [2.24, 2.45) is 11.1 Å². The van der Waals surface area contributed by atoms with Gasteiger partial charge in [-0.3, -0.25) is 0 Å². The maximum atomic E-state index is 11.3. The zero-order valence-electron chi connectivity index (χ0n) is 14.8. The Hall–Kier alpha value is -1.67. The number of unbranched alkanes of at least 4 members (excludes halogenated alkanes) is 2. The zero-order chi connectivity index (χ0) is 18.7. The standard InChI is InChI=1S/C17H27N3O4S/c1-17(2)10-14(12-20(17)16(21)22)7-5-3-4-6-13-8-9-15(19-11-13)25(18,23)24/h8-9,11,14H,3-7,10,12H2,1-2H3,(H,21,22)(H2,18,23,24). The van der Waals surface area contributed by atoms with Gasteiger partial charge in [-0.2, -0.15) is 0 Å². The summed E-state index contributed by atoms with van der Waals surface area (Å²) in [4.78, 5) is 16.7. The van der Waals surface area contributed by atoms with Gasteiger partial charge in [-0.25, -0.2) is 23.3 Å². The van der Waals surface area contributed by atoms with Gasteiger partial charge in [0.25, 0.3) is 10.0 Å². The summed E-state index contributed by atoms with van der Waals surface area (Å²) < 4.78 is 22.3. The number of likely N-dealkylation sites (tertiary alicyclic amines) is 1. The molecule has 7 nitrogen and oxygen atoms in total. The number of amides is 1. The van der Waals surface area contributed by atoms with E-state index < -0.39 is 16.1 Å². The van der Waals surface area contributed by atoms with Gasteiger partial charge in [-0.1, -0.05) is 18.9 Å². The number of hydrogen-bond acceptors (Lipinski definition) is 4. The van der Waals surface area contributed by atoms with Gasteiger partial charge in [-0.15, -0.1) is 0 Å². The molecule has 0 saturated carbocycles. The maximum Gasteiger partial charge on any atom is 0.407 e. The van der Waals surface area contributed by atoms with E-state index in [-0.39, 0.29) is 10.6 Å². The zero-order valence-corrected chi connectivity index (χ0v) is 15.6. The summed E-state index contributed by atoms with van der Waals surface area (Å²) in [5, 5.41) is 14.2. The van der Waals surface area contributed by atoms with Crippen molar-refractivity contribution in [1.29, 1.82) is 0 Å². The molecule has 1 aromatic heterocycles. The van der Waals surface area contributed by atoms with E-state index >= 15 is 0 Å². The molecule has 0 aliphatic carbocycles. The van der Waals surface area contributed by atoms with Gasteiger partial charge in [0.05, 0.1) is 0 Å². The lowest BCUT2D eigenvalue weighted by Gasteiger charge is -2.28. The third-order valence-electron chi connectivity index (χ3n) is 4.86. The van der Waals surface area contributed by atoms with Crippen LogP contribution in [0, 0.1) is 5.92 Å². The van der Waals surface area contributed by atoms with Crippen molar-refractivity contribution in [1.82, 2.24) is 9.88 Å². The predicted octanol–water partition coefficient (Wildman–Crippen LogP) is 2.61. The second kappa shape index (κ2) is 7.70. The average molecular weight is 369 g/mol. The molecule has 1 aliphatic heterocycles. The number of aromatic nitrogens is 1. The Balaban J connectivity index is 1.70. The molecule has 1 unspecified atom stereocenters. The van der Waals surface area contributed by atoms with E-state index in [1.54, 1.807) is 17.2 Å². The van der Waals surface area contributed by atoms with Crippen molar-refractivity contribution >= 4 is 16.1 Å². The first kappa shape index (κ1) is 19.7. The lowest BCUT2D eigenvalue weighted by molar-refractivity contribution is 0.117. The fourth-order valence-corrected chi connectivity index (χ4v) is 4.04. The third-order valence-corrected chi connectivity index (χ3v) is 5.68. The molecule has 0 bridgehead atoms. The molecule has 140 valence electrons. The van der Waals surface area contributed by atoms with Crippen LogP contribution < -0.4 is 5.14 Å². The Labute approximate surface area is 149 Å². The fourth-order valence-electron chi connectivity index (χ4n) is 3.58. The molecule has 1 aromatic rings. The van der Waals surface area contributed by atoms with E-state index in [1.165, 1.54) is 6.07 Å². The minimum absolute atomic E-state index is 0.108. The number of nitrogens with zero attached hydrogens (tertiary/aromatic N) is 2. The van der Waals surface area contributed by atoms with Crippen LogP contribution in [0.25, 0.3) is 0 Å². The molecular formula is C17H27N3O4S. The van der Waals surface area contributed by atoms with E-state index in [1.807, 2.05) is 13.8 Å². The summed E-state index contributed by atoms with van der Waals surface area (Å²) in [6.07, 6.45) is 6.64. The summed E-state index contributed by atoms with van der Waals surface area (Å²) >= 11 is 0. The van der Waals surface area contributed by atoms with Crippen molar-refractivity contribution in [3.05, 3.63) is 23.9 Å². The van der Waals surface area contributed by atoms with Crippen molar-refractivity contribution < 1.29 is 18.3 Å². The molecule has 1 saturated heterocycles. The van der Waals surface area contributed by atoms with E-state index in [4.69, 9.17) is 5.14 Å². The molecular weight excluding hydrogens is 342 g/mol. The van der Waals surface area contributed by atoms with Gasteiger partial charge in [0.15, 0.2) is 5.03 Å². The van der Waals surface area contributed by atoms with Crippen LogP contribution in [0.5, 0.6) is 0 Å². The Bertz CT molecular complexity index is 701. The molecule has 0 spiro atoms. The molecule has 1 atom stereocenters. The first-order valence-corrected chi connectivity index (χ1v) is 10.1. The van der Waals surface area contributed by atoms with Crippen LogP contribution in [0.15, 0.2) is 23.4 Å². The van der Waals surface area contributed by atoms with E-state index in [2.05, 4.69) is 4.98 Å². The Morgan fingerprint density at radius 2 is 2.08 bits per heavy atom. The highest BCUT2D eigenvalue weighted by Gasteiger charge is 2.40. The molecule has 25 heavy (non-hydrogen) atoms. The summed E-state index contributed by atoms with van der Waals surface area (Å²) in [6, 6.07) is 3.18. The second-order valence-corrected chi connectivity index (χ2v) is 8.93. The van der Waals surface area contributed by atoms with Gasteiger partial charge >= 0.3 is 6.09 Å². The maximum absolute atomic E-state index is 11.3. The normalized spacial score (nSPS) is 20.0. The van der Waals surface area contributed by atoms with Gasteiger partial charge in [0, 0.05) is 18.3 Å². The van der Waals surface area contributed by atoms with E-state index in [9.17, 15) is 18.3 Å². The minimum Gasteiger partial charge on any atom is -0.465 e. The average Bonchev–Trinajstić information content (AvgIpc) is 2.81. The minimum atomic E-state index is -3.74. The van der Waals surface area contributed by atoms with Crippen molar-refractivity contribution in [3.8, 4) is 0 Å². The van der Waals surface area contributed by atoms with Crippen LogP contribution in [-0.4, -0.2) is 41.6 Å². The SMILES string of the molecule is CC1(C)CC(CCCCCc2ccc(S(N)(=O)=O)nc2)CN1C(=O)O. The summed E-state index contributed by atoms with van der Waals surface area (Å²) in [5.41, 5.74) is 0.721. The van der Waals surface area contributed by atoms with Gasteiger partial charge in [0.1, 0.15) is 0 Å². The Morgan fingerprint density at radius 3 is 2.60 bits per heavy atom. The molecule has 1 amide bonds. The first-order valence-electron chi connectivity index (χ1n) is 8.58. The topological polar surface area (TPSA) is 114 Å². The Morgan fingerprint density at radius 1 is 1.36 bits per heavy atom. The second-order valence-electron chi connectivity index (χ2n) is 7.42. The largest absolute Gasteiger partial charge is 0.465 e. The summed E-state index contributed by atoms with van der Waals surface area (Å²) in [7, 11) is -3.74. The quantitative estimate of drug-likeness (QED) is 0.717. The number of carboxylic acid groups (broad SMARTS) is 1. The number of pyridine rings is 1. The fraction of sp³-hybridized carbons (Fsp3) is 0.647. The smallest absolute Gasteiger partial charge is 0.407 e. The lowest BCUT2D eigenvalue weighted by Crippen LogP contribution is -2.41. The number of carbonyl (C=O) groups is 1. The van der Waals surface area contributed by atoms with Crippen LogP contribution >= 0.6 is 0 Å². The highest BCUT2D eigenvalue weighted by atomic mass is 32.2.